The summed E-state index contributed by atoms with van der Waals surface area (Å²) in [5.41, 5.74) is 10.6. The van der Waals surface area contributed by atoms with Gasteiger partial charge in [0, 0.05) is 23.7 Å². The Morgan fingerprint density at radius 2 is 2.23 bits per heavy atom. The van der Waals surface area contributed by atoms with E-state index in [9.17, 15) is 19.5 Å². The van der Waals surface area contributed by atoms with Crippen molar-refractivity contribution in [3.63, 3.8) is 0 Å². The Morgan fingerprint density at radius 1 is 1.47 bits per heavy atom. The van der Waals surface area contributed by atoms with Crippen LogP contribution in [0.1, 0.15) is 19.0 Å². The van der Waals surface area contributed by atoms with E-state index in [-0.39, 0.29) is 37.6 Å². The van der Waals surface area contributed by atoms with Crippen LogP contribution >= 0.6 is 0 Å². The number of carbonyl (C=O) groups excluding carboxylic acids is 2. The second-order valence-corrected chi connectivity index (χ2v) is 7.49. The number of ether oxygens (including phenoxy) is 1. The number of fused-ring (bicyclic) bond motifs is 1. The first-order valence-electron chi connectivity index (χ1n) is 9.37. The number of nitrogens with zero attached hydrogens (tertiary/aromatic N) is 3. The molecule has 1 aromatic rings. The Hall–Kier alpha value is -3.63. The molecule has 2 aliphatic heterocycles. The number of nitrogens with one attached hydrogen (secondary N) is 1. The van der Waals surface area contributed by atoms with Crippen LogP contribution in [0.3, 0.4) is 0 Å². The van der Waals surface area contributed by atoms with Gasteiger partial charge in [-0.15, -0.1) is 0 Å². The number of rotatable bonds is 7. The molecule has 3 heterocycles. The van der Waals surface area contributed by atoms with Crippen molar-refractivity contribution in [2.75, 3.05) is 19.7 Å². The average molecular weight is 416 g/mol. The van der Waals surface area contributed by atoms with Crippen molar-refractivity contribution in [3.8, 4) is 0 Å². The molecule has 160 valence electrons. The number of nitrogens with two attached hydrogens (primary N) is 2. The van der Waals surface area contributed by atoms with Gasteiger partial charge in [-0.1, -0.05) is 13.0 Å². The molecule has 0 saturated carbocycles. The summed E-state index contributed by atoms with van der Waals surface area (Å²) in [6.45, 7) is 1.90. The molecule has 0 aliphatic carbocycles. The van der Waals surface area contributed by atoms with E-state index in [1.54, 1.807) is 37.4 Å². The SMILES string of the molecule is C[C@@]1(COC(=O)NCCN=C(N)N)CC2/C(=C\c3ccccn3)C(=O)N2[C@H]1C(=O)O. The molecule has 2 aliphatic rings. The second-order valence-electron chi connectivity index (χ2n) is 7.49. The normalized spacial score (nSPS) is 26.0. The molecule has 2 amide bonds. The Balaban J connectivity index is 1.67. The van der Waals surface area contributed by atoms with Crippen molar-refractivity contribution in [3.05, 3.63) is 35.7 Å². The smallest absolute Gasteiger partial charge is 0.407 e. The average Bonchev–Trinajstić information content (AvgIpc) is 2.99. The van der Waals surface area contributed by atoms with E-state index in [0.717, 1.165) is 0 Å². The molecule has 2 saturated heterocycles. The van der Waals surface area contributed by atoms with E-state index >= 15 is 0 Å². The lowest BCUT2D eigenvalue weighted by Gasteiger charge is -2.40. The fraction of sp³-hybridized carbons (Fsp3) is 0.421. The van der Waals surface area contributed by atoms with Gasteiger partial charge in [0.2, 0.25) is 0 Å². The topological polar surface area (TPSA) is 173 Å². The number of aliphatic carboxylic acids is 1. The van der Waals surface area contributed by atoms with Crippen LogP contribution in [0.25, 0.3) is 6.08 Å². The van der Waals surface area contributed by atoms with Crippen molar-refractivity contribution < 1.29 is 24.2 Å². The number of carbonyl (C=O) groups is 3. The Kier molecular flexibility index (Phi) is 5.90. The van der Waals surface area contributed by atoms with Crippen molar-refractivity contribution in [2.45, 2.75) is 25.4 Å². The number of hydrogen-bond donors (Lipinski definition) is 4. The molecule has 3 rings (SSSR count). The number of carboxylic acid groups (broad SMARTS) is 1. The summed E-state index contributed by atoms with van der Waals surface area (Å²) in [7, 11) is 0. The standard InChI is InChI=1S/C19H24N6O5/c1-19(10-30-18(29)24-7-6-23-17(20)21)9-13-12(8-11-4-2-3-5-22-11)15(26)25(13)14(19)16(27)28/h2-5,8,13-14H,6-7,9-10H2,1H3,(H,24,29)(H,27,28)(H4,20,21,23)/b12-8+/t13?,14-,19-/m0/s1. The Labute approximate surface area is 172 Å². The van der Waals surface area contributed by atoms with Gasteiger partial charge in [-0.05, 0) is 24.6 Å². The van der Waals surface area contributed by atoms with E-state index in [0.29, 0.717) is 17.7 Å². The first-order valence-corrected chi connectivity index (χ1v) is 9.37. The van der Waals surface area contributed by atoms with Crippen LogP contribution in [-0.2, 0) is 14.3 Å². The molecule has 11 heteroatoms. The van der Waals surface area contributed by atoms with Gasteiger partial charge in [-0.25, -0.2) is 9.59 Å². The van der Waals surface area contributed by atoms with Crippen LogP contribution in [0.2, 0.25) is 0 Å². The van der Waals surface area contributed by atoms with Crippen molar-refractivity contribution in [1.82, 2.24) is 15.2 Å². The molecular formula is C19H24N6O5. The molecule has 11 nitrogen and oxygen atoms in total. The van der Waals surface area contributed by atoms with Crippen LogP contribution in [0.5, 0.6) is 0 Å². The number of β-lactam (4-membered cyclic amide) rings is 1. The van der Waals surface area contributed by atoms with E-state index < -0.39 is 23.5 Å². The quantitative estimate of drug-likeness (QED) is 0.152. The van der Waals surface area contributed by atoms with Crippen LogP contribution < -0.4 is 16.8 Å². The van der Waals surface area contributed by atoms with Crippen molar-refractivity contribution >= 4 is 30.0 Å². The summed E-state index contributed by atoms with van der Waals surface area (Å²) in [5, 5.41) is 12.2. The van der Waals surface area contributed by atoms with Gasteiger partial charge in [0.05, 0.1) is 18.3 Å². The molecule has 3 atom stereocenters. The van der Waals surface area contributed by atoms with Gasteiger partial charge in [0.1, 0.15) is 12.6 Å². The van der Waals surface area contributed by atoms with Gasteiger partial charge in [0.25, 0.3) is 5.91 Å². The lowest BCUT2D eigenvalue weighted by atomic mass is 9.81. The zero-order chi connectivity index (χ0) is 21.9. The lowest BCUT2D eigenvalue weighted by Crippen LogP contribution is -2.58. The minimum atomic E-state index is -1.14. The molecule has 0 aromatic carbocycles. The van der Waals surface area contributed by atoms with Crippen LogP contribution in [0.15, 0.2) is 35.0 Å². The maximum absolute atomic E-state index is 12.6. The molecular weight excluding hydrogens is 392 g/mol. The minimum absolute atomic E-state index is 0.0864. The number of guanidine groups is 1. The van der Waals surface area contributed by atoms with E-state index in [1.807, 2.05) is 0 Å². The molecule has 2 fully saturated rings. The molecule has 0 spiro atoms. The first kappa shape index (κ1) is 21.1. The third kappa shape index (κ3) is 4.19. The third-order valence-electron chi connectivity index (χ3n) is 5.21. The number of amides is 2. The molecule has 1 aromatic heterocycles. The highest BCUT2D eigenvalue weighted by Crippen LogP contribution is 2.49. The summed E-state index contributed by atoms with van der Waals surface area (Å²) in [6.07, 6.45) is 2.93. The predicted molar refractivity (Wildman–Crippen MR) is 107 cm³/mol. The van der Waals surface area contributed by atoms with Gasteiger partial charge < -0.3 is 31.5 Å². The molecule has 6 N–H and O–H groups in total. The highest BCUT2D eigenvalue weighted by atomic mass is 16.5. The fourth-order valence-electron chi connectivity index (χ4n) is 3.87. The lowest BCUT2D eigenvalue weighted by molar-refractivity contribution is -0.155. The monoisotopic (exact) mass is 416 g/mol. The van der Waals surface area contributed by atoms with Gasteiger partial charge in [-0.3, -0.25) is 14.8 Å². The third-order valence-corrected chi connectivity index (χ3v) is 5.21. The summed E-state index contributed by atoms with van der Waals surface area (Å²) in [4.78, 5) is 45.7. The Morgan fingerprint density at radius 3 is 2.87 bits per heavy atom. The first-order chi connectivity index (χ1) is 14.2. The maximum atomic E-state index is 12.6. The molecule has 0 radical (unpaired) electrons. The van der Waals surface area contributed by atoms with Crippen LogP contribution in [0.4, 0.5) is 4.79 Å². The molecule has 1 unspecified atom stereocenters. The number of pyridine rings is 1. The van der Waals surface area contributed by atoms with Crippen molar-refractivity contribution in [2.24, 2.45) is 21.9 Å². The second kappa shape index (κ2) is 8.39. The van der Waals surface area contributed by atoms with E-state index in [4.69, 9.17) is 16.2 Å². The van der Waals surface area contributed by atoms with Crippen LogP contribution in [-0.4, -0.2) is 70.7 Å². The highest BCUT2D eigenvalue weighted by Gasteiger charge is 2.62. The van der Waals surface area contributed by atoms with E-state index in [1.165, 1.54) is 4.90 Å². The van der Waals surface area contributed by atoms with E-state index in [2.05, 4.69) is 15.3 Å². The van der Waals surface area contributed by atoms with Crippen molar-refractivity contribution in [1.29, 1.82) is 0 Å². The Bertz CT molecular complexity index is 898. The predicted octanol–water partition coefficient (Wildman–Crippen LogP) is -0.461. The van der Waals surface area contributed by atoms with Gasteiger partial charge in [-0.2, -0.15) is 0 Å². The van der Waals surface area contributed by atoms with Gasteiger partial charge in [0.15, 0.2) is 5.96 Å². The zero-order valence-corrected chi connectivity index (χ0v) is 16.4. The summed E-state index contributed by atoms with van der Waals surface area (Å²) >= 11 is 0. The number of hydrogen-bond acceptors (Lipinski definition) is 6. The fourth-order valence-corrected chi connectivity index (χ4v) is 3.87. The summed E-state index contributed by atoms with van der Waals surface area (Å²) in [6, 6.07) is 3.88. The molecule has 30 heavy (non-hydrogen) atoms. The van der Waals surface area contributed by atoms with Crippen LogP contribution in [0, 0.1) is 5.41 Å². The zero-order valence-electron chi connectivity index (χ0n) is 16.4. The van der Waals surface area contributed by atoms with Gasteiger partial charge >= 0.3 is 12.1 Å². The summed E-state index contributed by atoms with van der Waals surface area (Å²) in [5.74, 6) is -1.57. The highest BCUT2D eigenvalue weighted by molar-refractivity contribution is 6.08. The number of alkyl carbamates (subject to hydrolysis) is 1. The number of aromatic nitrogens is 1. The maximum Gasteiger partial charge on any atom is 0.407 e. The summed E-state index contributed by atoms with van der Waals surface area (Å²) < 4.78 is 5.24. The number of carboxylic acids is 1. The minimum Gasteiger partial charge on any atom is -0.480 e. The molecule has 0 bridgehead atoms. The largest absolute Gasteiger partial charge is 0.480 e. The number of aliphatic imine (C=N–C) groups is 1.